The second-order valence-electron chi connectivity index (χ2n) is 10.5. The van der Waals surface area contributed by atoms with Crippen LogP contribution in [0.25, 0.3) is 0 Å². The Bertz CT molecular complexity index is 665. The smallest absolute Gasteiger partial charge is 0.469 e. The van der Waals surface area contributed by atoms with Crippen molar-refractivity contribution in [3.63, 3.8) is 0 Å². The molecule has 2 N–H and O–H groups in total. The molecule has 0 aromatic rings. The fourth-order valence-corrected chi connectivity index (χ4v) is 17.7. The first-order chi connectivity index (χ1) is 14.0. The summed E-state index contributed by atoms with van der Waals surface area (Å²) in [6, 6.07) is 0.196. The Morgan fingerprint density at radius 2 is 1.06 bits per heavy atom. The van der Waals surface area contributed by atoms with Crippen LogP contribution in [0.4, 0.5) is 13.2 Å². The topological polar surface area (TPSA) is 102 Å². The van der Waals surface area contributed by atoms with Crippen molar-refractivity contribution in [1.29, 1.82) is 0 Å². The molecule has 0 heterocycles. The monoisotopic (exact) mass is 534 g/mol. The molecular formula is C18H37F3O7Si4. The first-order valence-corrected chi connectivity index (χ1v) is 22.5. The summed E-state index contributed by atoms with van der Waals surface area (Å²) in [5.41, 5.74) is -1.91. The summed E-state index contributed by atoms with van der Waals surface area (Å²) in [5.74, 6) is -3.57. The molecule has 188 valence electrons. The molecule has 0 fully saturated rings. The van der Waals surface area contributed by atoms with E-state index in [1.54, 1.807) is 0 Å². The third kappa shape index (κ3) is 13.7. The van der Waals surface area contributed by atoms with Gasteiger partial charge in [0.2, 0.25) is 0 Å². The first kappa shape index (κ1) is 31.2. The second-order valence-corrected chi connectivity index (χ2v) is 27.5. The van der Waals surface area contributed by atoms with E-state index in [0.29, 0.717) is 0 Å². The van der Waals surface area contributed by atoms with Gasteiger partial charge in [0.15, 0.2) is 25.0 Å². The number of halogens is 3. The largest absolute Gasteiger partial charge is 0.478 e. The maximum absolute atomic E-state index is 12.8. The van der Waals surface area contributed by atoms with Crippen LogP contribution in [-0.2, 0) is 21.9 Å². The molecule has 32 heavy (non-hydrogen) atoms. The van der Waals surface area contributed by atoms with E-state index >= 15 is 0 Å². The van der Waals surface area contributed by atoms with Crippen molar-refractivity contribution in [1.82, 2.24) is 0 Å². The van der Waals surface area contributed by atoms with Crippen LogP contribution in [0.2, 0.25) is 65.0 Å². The van der Waals surface area contributed by atoms with Gasteiger partial charge in [0.1, 0.15) is 0 Å². The SMILES string of the molecule is C[Si](C)(C)O[Si](CCCC(C(=O)O)=C(CC(F)(F)F)C(=O)O)(O[Si](C)(C)C)O[Si](C)(C)C. The molecule has 0 saturated carbocycles. The summed E-state index contributed by atoms with van der Waals surface area (Å²) < 4.78 is 57.8. The van der Waals surface area contributed by atoms with E-state index in [1.807, 2.05) is 58.9 Å². The minimum absolute atomic E-state index is 0.0714. The van der Waals surface area contributed by atoms with E-state index in [2.05, 4.69) is 0 Å². The molecule has 0 atom stereocenters. The van der Waals surface area contributed by atoms with Crippen LogP contribution >= 0.6 is 0 Å². The number of rotatable bonds is 13. The highest BCUT2D eigenvalue weighted by Gasteiger charge is 2.49. The van der Waals surface area contributed by atoms with Crippen LogP contribution < -0.4 is 0 Å². The Kier molecular flexibility index (Phi) is 10.8. The summed E-state index contributed by atoms with van der Waals surface area (Å²) in [7, 11) is -9.85. The van der Waals surface area contributed by atoms with Gasteiger partial charge in [-0.25, -0.2) is 9.59 Å². The standard InChI is InChI=1S/C18H37F3O7Si4/c1-29(2,3)26-32(27-30(4,5)6,28-31(7,8)9)12-10-11-14(16(22)23)15(17(24)25)13-18(19,20)21/h10-13H2,1-9H3,(H,22,23)(H,24,25). The lowest BCUT2D eigenvalue weighted by atomic mass is 10.0. The lowest BCUT2D eigenvalue weighted by molar-refractivity contribution is -0.144. The lowest BCUT2D eigenvalue weighted by Gasteiger charge is -2.43. The van der Waals surface area contributed by atoms with Gasteiger partial charge in [-0.1, -0.05) is 0 Å². The van der Waals surface area contributed by atoms with Crippen LogP contribution in [0.15, 0.2) is 11.1 Å². The van der Waals surface area contributed by atoms with Gasteiger partial charge < -0.3 is 22.6 Å². The Labute approximate surface area is 192 Å². The van der Waals surface area contributed by atoms with Crippen LogP contribution in [0.1, 0.15) is 19.3 Å². The van der Waals surface area contributed by atoms with Crippen molar-refractivity contribution in [2.45, 2.75) is 90.4 Å². The van der Waals surface area contributed by atoms with Crippen LogP contribution in [0.5, 0.6) is 0 Å². The number of aliphatic carboxylic acids is 2. The van der Waals surface area contributed by atoms with Crippen LogP contribution in [0, 0.1) is 0 Å². The van der Waals surface area contributed by atoms with Crippen molar-refractivity contribution >= 4 is 45.7 Å². The van der Waals surface area contributed by atoms with Gasteiger partial charge in [0.25, 0.3) is 0 Å². The predicted molar refractivity (Wildman–Crippen MR) is 126 cm³/mol. The molecule has 0 radical (unpaired) electrons. The normalized spacial score (nSPS) is 14.9. The average molecular weight is 535 g/mol. The number of carboxylic acid groups (broad SMARTS) is 2. The number of carbonyl (C=O) groups is 2. The van der Waals surface area contributed by atoms with Crippen molar-refractivity contribution < 1.29 is 45.3 Å². The van der Waals surface area contributed by atoms with Crippen LogP contribution in [-0.4, -0.2) is 62.1 Å². The molecule has 0 aliphatic heterocycles. The van der Waals surface area contributed by atoms with E-state index in [9.17, 15) is 33.0 Å². The van der Waals surface area contributed by atoms with Gasteiger partial charge in [0.05, 0.1) is 12.0 Å². The van der Waals surface area contributed by atoms with Crippen molar-refractivity contribution in [2.24, 2.45) is 0 Å². The predicted octanol–water partition coefficient (Wildman–Crippen LogP) is 5.68. The number of alkyl halides is 3. The molecule has 0 spiro atoms. The number of hydrogen-bond donors (Lipinski definition) is 2. The molecule has 0 unspecified atom stereocenters. The zero-order valence-corrected chi connectivity index (χ0v) is 24.4. The molecule has 7 nitrogen and oxygen atoms in total. The fraction of sp³-hybridized carbons (Fsp3) is 0.778. The van der Waals surface area contributed by atoms with Gasteiger partial charge in [-0.2, -0.15) is 13.2 Å². The molecular weight excluding hydrogens is 498 g/mol. The summed E-state index contributed by atoms with van der Waals surface area (Å²) in [4.78, 5) is 23.0. The van der Waals surface area contributed by atoms with Crippen molar-refractivity contribution in [3.8, 4) is 0 Å². The summed E-state index contributed by atoms with van der Waals surface area (Å²) >= 11 is 0. The second kappa shape index (κ2) is 11.1. The molecule has 0 bridgehead atoms. The van der Waals surface area contributed by atoms with Gasteiger partial charge in [0, 0.05) is 11.6 Å². The van der Waals surface area contributed by atoms with Gasteiger partial charge in [-0.3, -0.25) is 0 Å². The minimum Gasteiger partial charge on any atom is -0.478 e. The molecule has 0 aromatic heterocycles. The zero-order valence-electron chi connectivity index (χ0n) is 20.4. The minimum atomic E-state index is -4.84. The van der Waals surface area contributed by atoms with Gasteiger partial charge in [-0.05, 0) is 71.8 Å². The molecule has 0 aliphatic rings. The lowest BCUT2D eigenvalue weighted by Crippen LogP contribution is -2.60. The van der Waals surface area contributed by atoms with E-state index in [0.717, 1.165) is 0 Å². The molecule has 14 heteroatoms. The van der Waals surface area contributed by atoms with E-state index in [4.69, 9.17) is 12.3 Å². The summed E-state index contributed by atoms with van der Waals surface area (Å²) in [6.45, 7) is 17.8. The summed E-state index contributed by atoms with van der Waals surface area (Å²) in [6.07, 6.45) is -6.94. The summed E-state index contributed by atoms with van der Waals surface area (Å²) in [5, 5.41) is 18.6. The van der Waals surface area contributed by atoms with E-state index in [1.165, 1.54) is 0 Å². The molecule has 0 rings (SSSR count). The Hall–Kier alpha value is -0.782. The van der Waals surface area contributed by atoms with Gasteiger partial charge in [-0.15, -0.1) is 0 Å². The van der Waals surface area contributed by atoms with E-state index < -0.39 is 69.4 Å². The quantitative estimate of drug-likeness (QED) is 0.231. The van der Waals surface area contributed by atoms with Crippen molar-refractivity contribution in [2.75, 3.05) is 0 Å². The maximum atomic E-state index is 12.8. The average Bonchev–Trinajstić information content (AvgIpc) is 2.42. The van der Waals surface area contributed by atoms with E-state index in [-0.39, 0.29) is 18.9 Å². The fourth-order valence-electron chi connectivity index (χ4n) is 3.00. The molecule has 0 aromatic carbocycles. The number of carboxylic acids is 2. The molecule has 0 amide bonds. The zero-order chi connectivity index (χ0) is 25.8. The third-order valence-corrected chi connectivity index (χ3v) is 15.6. The molecule has 0 aliphatic carbocycles. The van der Waals surface area contributed by atoms with Crippen LogP contribution in [0.3, 0.4) is 0 Å². The molecule has 0 saturated heterocycles. The Balaban J connectivity index is 6.11. The van der Waals surface area contributed by atoms with Gasteiger partial charge >= 0.3 is 26.9 Å². The maximum Gasteiger partial charge on any atom is 0.469 e. The van der Waals surface area contributed by atoms with Crippen molar-refractivity contribution in [3.05, 3.63) is 11.1 Å². The first-order valence-electron chi connectivity index (χ1n) is 10.3. The highest BCUT2D eigenvalue weighted by atomic mass is 28.5. The Morgan fingerprint density at radius 1 is 0.719 bits per heavy atom. The third-order valence-electron chi connectivity index (χ3n) is 3.55. The number of hydrogen-bond acceptors (Lipinski definition) is 5. The Morgan fingerprint density at radius 3 is 1.31 bits per heavy atom. The highest BCUT2D eigenvalue weighted by molar-refractivity contribution is 6.90. The highest BCUT2D eigenvalue weighted by Crippen LogP contribution is 2.33.